The van der Waals surface area contributed by atoms with Crippen molar-refractivity contribution in [2.45, 2.75) is 6.92 Å². The Kier molecular flexibility index (Phi) is 2.79. The van der Waals surface area contributed by atoms with Gasteiger partial charge in [0.25, 0.3) is 0 Å². The third kappa shape index (κ3) is 2.12. The maximum absolute atomic E-state index is 4.59. The molecule has 4 heteroatoms. The van der Waals surface area contributed by atoms with Gasteiger partial charge in [-0.2, -0.15) is 0 Å². The number of aromatic nitrogens is 3. The highest BCUT2D eigenvalue weighted by Crippen LogP contribution is 2.26. The molecule has 0 atom stereocenters. The molecule has 3 nitrogen and oxygen atoms in total. The zero-order chi connectivity index (χ0) is 14.4. The van der Waals surface area contributed by atoms with Gasteiger partial charge in [-0.05, 0) is 47.5 Å². The van der Waals surface area contributed by atoms with Crippen molar-refractivity contribution in [2.75, 3.05) is 0 Å². The standard InChI is InChI=1S/C17H12BrN3/c1-10-6-7-19-17-15(10)20-16(21-17)13-3-2-12-9-14(18)5-4-11(12)8-13/h2-9H,1H3,(H,19,20,21). The summed E-state index contributed by atoms with van der Waals surface area (Å²) in [5.74, 6) is 0.858. The predicted octanol–water partition coefficient (Wildman–Crippen LogP) is 4.85. The average molecular weight is 338 g/mol. The molecule has 0 saturated carbocycles. The van der Waals surface area contributed by atoms with E-state index < -0.39 is 0 Å². The lowest BCUT2D eigenvalue weighted by Gasteiger charge is -2.01. The van der Waals surface area contributed by atoms with Crippen molar-refractivity contribution in [3.05, 3.63) is 58.7 Å². The molecule has 2 heterocycles. The molecule has 2 aromatic heterocycles. The summed E-state index contributed by atoms with van der Waals surface area (Å²) in [6, 6.07) is 14.6. The molecule has 102 valence electrons. The van der Waals surface area contributed by atoms with E-state index in [2.05, 4.69) is 74.2 Å². The molecule has 0 radical (unpaired) electrons. The lowest BCUT2D eigenvalue weighted by molar-refractivity contribution is 1.30. The van der Waals surface area contributed by atoms with Crippen molar-refractivity contribution < 1.29 is 0 Å². The highest BCUT2D eigenvalue weighted by molar-refractivity contribution is 9.10. The van der Waals surface area contributed by atoms with Crippen molar-refractivity contribution in [1.29, 1.82) is 0 Å². The molecule has 4 rings (SSSR count). The molecule has 0 aliphatic rings. The Balaban J connectivity index is 1.91. The first-order valence-electron chi connectivity index (χ1n) is 6.72. The largest absolute Gasteiger partial charge is 0.336 e. The summed E-state index contributed by atoms with van der Waals surface area (Å²) >= 11 is 3.50. The van der Waals surface area contributed by atoms with Gasteiger partial charge in [0, 0.05) is 16.2 Å². The lowest BCUT2D eigenvalue weighted by Crippen LogP contribution is -1.81. The van der Waals surface area contributed by atoms with Crippen LogP contribution in [0.4, 0.5) is 0 Å². The maximum Gasteiger partial charge on any atom is 0.178 e. The Morgan fingerprint density at radius 2 is 1.81 bits per heavy atom. The van der Waals surface area contributed by atoms with E-state index in [4.69, 9.17) is 0 Å². The molecule has 2 aromatic carbocycles. The van der Waals surface area contributed by atoms with Crippen molar-refractivity contribution in [3.63, 3.8) is 0 Å². The third-order valence-corrected chi connectivity index (χ3v) is 4.17. The minimum atomic E-state index is 0.765. The summed E-state index contributed by atoms with van der Waals surface area (Å²) in [7, 11) is 0. The first-order valence-corrected chi connectivity index (χ1v) is 7.51. The van der Waals surface area contributed by atoms with Crippen LogP contribution in [0.2, 0.25) is 0 Å². The number of hydrogen-bond acceptors (Lipinski definition) is 2. The Morgan fingerprint density at radius 1 is 1.00 bits per heavy atom. The number of imidazole rings is 1. The van der Waals surface area contributed by atoms with E-state index >= 15 is 0 Å². The van der Waals surface area contributed by atoms with Gasteiger partial charge in [-0.1, -0.05) is 34.1 Å². The van der Waals surface area contributed by atoms with Crippen molar-refractivity contribution >= 4 is 37.9 Å². The van der Waals surface area contributed by atoms with Gasteiger partial charge in [-0.15, -0.1) is 0 Å². The summed E-state index contributed by atoms with van der Waals surface area (Å²) < 4.78 is 1.09. The van der Waals surface area contributed by atoms with E-state index in [1.54, 1.807) is 6.20 Å². The zero-order valence-corrected chi connectivity index (χ0v) is 13.0. The van der Waals surface area contributed by atoms with Crippen LogP contribution in [0, 0.1) is 6.92 Å². The molecule has 0 saturated heterocycles. The number of halogens is 1. The molecule has 0 amide bonds. The lowest BCUT2D eigenvalue weighted by atomic mass is 10.1. The number of pyridine rings is 1. The van der Waals surface area contributed by atoms with Gasteiger partial charge in [0.05, 0.1) is 5.52 Å². The molecule has 0 aliphatic heterocycles. The van der Waals surface area contributed by atoms with Crippen LogP contribution in [0.3, 0.4) is 0 Å². The summed E-state index contributed by atoms with van der Waals surface area (Å²) in [5.41, 5.74) is 4.00. The SMILES string of the molecule is Cc1ccnc2nc(-c3ccc4cc(Br)ccc4c3)[nH]c12. The number of rotatable bonds is 1. The quantitative estimate of drug-likeness (QED) is 0.539. The Bertz CT molecular complexity index is 972. The molecule has 0 bridgehead atoms. The highest BCUT2D eigenvalue weighted by atomic mass is 79.9. The van der Waals surface area contributed by atoms with Gasteiger partial charge in [-0.25, -0.2) is 9.97 Å². The highest BCUT2D eigenvalue weighted by Gasteiger charge is 2.08. The molecule has 1 N–H and O–H groups in total. The summed E-state index contributed by atoms with van der Waals surface area (Å²) in [6.07, 6.45) is 1.79. The molecule has 0 spiro atoms. The minimum absolute atomic E-state index is 0.765. The predicted molar refractivity (Wildman–Crippen MR) is 89.3 cm³/mol. The molecule has 0 aliphatic carbocycles. The van der Waals surface area contributed by atoms with E-state index in [-0.39, 0.29) is 0 Å². The monoisotopic (exact) mass is 337 g/mol. The minimum Gasteiger partial charge on any atom is -0.336 e. The van der Waals surface area contributed by atoms with Gasteiger partial charge in [0.1, 0.15) is 5.82 Å². The van der Waals surface area contributed by atoms with Crippen LogP contribution in [0.15, 0.2) is 53.1 Å². The molecular formula is C17H12BrN3. The van der Waals surface area contributed by atoms with Gasteiger partial charge >= 0.3 is 0 Å². The van der Waals surface area contributed by atoms with E-state index in [0.717, 1.165) is 32.6 Å². The number of fused-ring (bicyclic) bond motifs is 2. The molecule has 4 aromatic rings. The Hall–Kier alpha value is -2.20. The molecular weight excluding hydrogens is 326 g/mol. The second kappa shape index (κ2) is 4.67. The Labute approximate surface area is 130 Å². The number of H-pyrrole nitrogens is 1. The van der Waals surface area contributed by atoms with Gasteiger partial charge in [-0.3, -0.25) is 0 Å². The van der Waals surface area contributed by atoms with Crippen LogP contribution in [-0.2, 0) is 0 Å². The van der Waals surface area contributed by atoms with Crippen molar-refractivity contribution in [3.8, 4) is 11.4 Å². The summed E-state index contributed by atoms with van der Waals surface area (Å²) in [6.45, 7) is 2.06. The zero-order valence-electron chi connectivity index (χ0n) is 11.4. The number of aryl methyl sites for hydroxylation is 1. The van der Waals surface area contributed by atoms with E-state index in [1.807, 2.05) is 6.07 Å². The van der Waals surface area contributed by atoms with Gasteiger partial charge in [0.15, 0.2) is 5.65 Å². The third-order valence-electron chi connectivity index (χ3n) is 3.68. The summed E-state index contributed by atoms with van der Waals surface area (Å²) in [4.78, 5) is 12.3. The average Bonchev–Trinajstić information content (AvgIpc) is 2.92. The summed E-state index contributed by atoms with van der Waals surface area (Å²) in [5, 5.41) is 2.40. The fraction of sp³-hybridized carbons (Fsp3) is 0.0588. The fourth-order valence-corrected chi connectivity index (χ4v) is 2.91. The van der Waals surface area contributed by atoms with Crippen LogP contribution in [-0.4, -0.2) is 15.0 Å². The van der Waals surface area contributed by atoms with Crippen molar-refractivity contribution in [2.24, 2.45) is 0 Å². The van der Waals surface area contributed by atoms with Crippen LogP contribution in [0.1, 0.15) is 5.56 Å². The topological polar surface area (TPSA) is 41.6 Å². The van der Waals surface area contributed by atoms with Gasteiger partial charge in [0.2, 0.25) is 0 Å². The van der Waals surface area contributed by atoms with E-state index in [0.29, 0.717) is 0 Å². The van der Waals surface area contributed by atoms with Gasteiger partial charge < -0.3 is 4.98 Å². The van der Waals surface area contributed by atoms with Crippen LogP contribution in [0.5, 0.6) is 0 Å². The van der Waals surface area contributed by atoms with Crippen LogP contribution < -0.4 is 0 Å². The first-order chi connectivity index (χ1) is 10.2. The smallest absolute Gasteiger partial charge is 0.178 e. The number of aromatic amines is 1. The molecule has 0 unspecified atom stereocenters. The second-order valence-electron chi connectivity index (χ2n) is 5.12. The second-order valence-corrected chi connectivity index (χ2v) is 6.03. The van der Waals surface area contributed by atoms with Crippen molar-refractivity contribution in [1.82, 2.24) is 15.0 Å². The van der Waals surface area contributed by atoms with E-state index in [9.17, 15) is 0 Å². The first kappa shape index (κ1) is 12.5. The number of benzene rings is 2. The number of hydrogen-bond donors (Lipinski definition) is 1. The normalized spacial score (nSPS) is 11.3. The van der Waals surface area contributed by atoms with Crippen LogP contribution >= 0.6 is 15.9 Å². The molecule has 21 heavy (non-hydrogen) atoms. The Morgan fingerprint density at radius 3 is 2.67 bits per heavy atom. The van der Waals surface area contributed by atoms with E-state index in [1.165, 1.54) is 10.8 Å². The number of nitrogens with one attached hydrogen (secondary N) is 1. The number of nitrogens with zero attached hydrogens (tertiary/aromatic N) is 2. The molecule has 0 fully saturated rings. The maximum atomic E-state index is 4.59. The van der Waals surface area contributed by atoms with Crippen LogP contribution in [0.25, 0.3) is 33.3 Å². The fourth-order valence-electron chi connectivity index (χ4n) is 2.54.